The van der Waals surface area contributed by atoms with Gasteiger partial charge in [-0.25, -0.2) is 9.98 Å². The highest BCUT2D eigenvalue weighted by molar-refractivity contribution is 7.98. The molecule has 1 aromatic heterocycles. The Balaban J connectivity index is 1.97. The third-order valence-corrected chi connectivity index (χ3v) is 3.53. The summed E-state index contributed by atoms with van der Waals surface area (Å²) in [5.74, 6) is 2.49. The number of hydrogen-bond donors (Lipinski definition) is 2. The van der Waals surface area contributed by atoms with Crippen molar-refractivity contribution in [2.75, 3.05) is 25.1 Å². The fraction of sp³-hybridized carbons (Fsp3) is 0.375. The van der Waals surface area contributed by atoms with E-state index in [4.69, 9.17) is 4.42 Å². The molecule has 1 heterocycles. The maximum atomic E-state index is 5.52. The van der Waals surface area contributed by atoms with E-state index in [1.165, 1.54) is 0 Å². The number of benzene rings is 1. The molecule has 5 nitrogen and oxygen atoms in total. The number of nitrogens with one attached hydrogen (secondary N) is 2. The van der Waals surface area contributed by atoms with Crippen molar-refractivity contribution in [1.29, 1.82) is 0 Å². The molecule has 0 atom stereocenters. The van der Waals surface area contributed by atoms with Crippen LogP contribution in [0, 0.1) is 0 Å². The molecular formula is C16H22N4OS. The lowest BCUT2D eigenvalue weighted by molar-refractivity contribution is 0.572. The molecule has 0 aliphatic carbocycles. The Kier molecular flexibility index (Phi) is 6.83. The minimum Gasteiger partial charge on any atom is -0.444 e. The SMILES string of the molecule is CCNC(=NCc1coc(-c2ccccc2)n1)NCCSC. The lowest BCUT2D eigenvalue weighted by Gasteiger charge is -2.09. The molecule has 2 aromatic rings. The normalized spacial score (nSPS) is 11.5. The van der Waals surface area contributed by atoms with Crippen LogP contribution in [0.1, 0.15) is 12.6 Å². The summed E-state index contributed by atoms with van der Waals surface area (Å²) in [4.78, 5) is 9.00. The van der Waals surface area contributed by atoms with Crippen molar-refractivity contribution in [3.05, 3.63) is 42.3 Å². The maximum Gasteiger partial charge on any atom is 0.226 e. The van der Waals surface area contributed by atoms with Crippen LogP contribution >= 0.6 is 11.8 Å². The Morgan fingerprint density at radius 3 is 2.82 bits per heavy atom. The number of aromatic nitrogens is 1. The van der Waals surface area contributed by atoms with E-state index in [1.807, 2.05) is 30.3 Å². The largest absolute Gasteiger partial charge is 0.444 e. The second kappa shape index (κ2) is 9.15. The topological polar surface area (TPSA) is 62.5 Å². The number of guanidine groups is 1. The van der Waals surface area contributed by atoms with Crippen molar-refractivity contribution in [3.8, 4) is 11.5 Å². The second-order valence-corrected chi connectivity index (χ2v) is 5.61. The second-order valence-electron chi connectivity index (χ2n) is 4.62. The first-order valence-corrected chi connectivity index (χ1v) is 8.73. The van der Waals surface area contributed by atoms with Crippen LogP contribution in [0.5, 0.6) is 0 Å². The van der Waals surface area contributed by atoms with Gasteiger partial charge in [-0.3, -0.25) is 0 Å². The molecule has 0 spiro atoms. The monoisotopic (exact) mass is 318 g/mol. The highest BCUT2D eigenvalue weighted by Crippen LogP contribution is 2.18. The van der Waals surface area contributed by atoms with Gasteiger partial charge in [-0.2, -0.15) is 11.8 Å². The molecule has 2 N–H and O–H groups in total. The third kappa shape index (κ3) is 5.11. The number of thioether (sulfide) groups is 1. The first-order chi connectivity index (χ1) is 10.8. The Labute approximate surface area is 135 Å². The summed E-state index contributed by atoms with van der Waals surface area (Å²) in [5.41, 5.74) is 1.80. The van der Waals surface area contributed by atoms with Gasteiger partial charge in [-0.1, -0.05) is 18.2 Å². The van der Waals surface area contributed by atoms with Gasteiger partial charge in [0.1, 0.15) is 12.0 Å². The van der Waals surface area contributed by atoms with E-state index >= 15 is 0 Å². The van der Waals surface area contributed by atoms with E-state index in [1.54, 1.807) is 18.0 Å². The fourth-order valence-electron chi connectivity index (χ4n) is 1.87. The van der Waals surface area contributed by atoms with Gasteiger partial charge in [0.05, 0.1) is 6.54 Å². The Hall–Kier alpha value is -1.95. The molecule has 0 saturated heterocycles. The average molecular weight is 318 g/mol. The van der Waals surface area contributed by atoms with Crippen LogP contribution in [0.3, 0.4) is 0 Å². The summed E-state index contributed by atoms with van der Waals surface area (Å²) < 4.78 is 5.52. The molecule has 0 aliphatic heterocycles. The van der Waals surface area contributed by atoms with Gasteiger partial charge in [0.2, 0.25) is 5.89 Å². The Morgan fingerprint density at radius 2 is 2.09 bits per heavy atom. The van der Waals surface area contributed by atoms with Crippen molar-refractivity contribution in [1.82, 2.24) is 15.6 Å². The quantitative estimate of drug-likeness (QED) is 0.467. The van der Waals surface area contributed by atoms with E-state index in [9.17, 15) is 0 Å². The van der Waals surface area contributed by atoms with Crippen molar-refractivity contribution in [2.45, 2.75) is 13.5 Å². The molecule has 22 heavy (non-hydrogen) atoms. The standard InChI is InChI=1S/C16H22N4OS/c1-3-17-16(18-9-10-22-2)19-11-14-12-21-15(20-14)13-7-5-4-6-8-13/h4-8,12H,3,9-11H2,1-2H3,(H2,17,18,19). The first-order valence-electron chi connectivity index (χ1n) is 7.34. The smallest absolute Gasteiger partial charge is 0.226 e. The highest BCUT2D eigenvalue weighted by atomic mass is 32.2. The number of hydrogen-bond acceptors (Lipinski definition) is 4. The minimum absolute atomic E-state index is 0.491. The van der Waals surface area contributed by atoms with Gasteiger partial charge in [-0.15, -0.1) is 0 Å². The molecule has 2 rings (SSSR count). The average Bonchev–Trinajstić information content (AvgIpc) is 3.03. The summed E-state index contributed by atoms with van der Waals surface area (Å²) in [6.07, 6.45) is 3.75. The van der Waals surface area contributed by atoms with Gasteiger partial charge in [0, 0.05) is 24.4 Å². The summed E-state index contributed by atoms with van der Waals surface area (Å²) in [6.45, 7) is 4.26. The molecule has 0 saturated carbocycles. The number of nitrogens with zero attached hydrogens (tertiary/aromatic N) is 2. The van der Waals surface area contributed by atoms with Gasteiger partial charge in [0.15, 0.2) is 5.96 Å². The molecule has 0 radical (unpaired) electrons. The number of oxazole rings is 1. The molecule has 0 bridgehead atoms. The zero-order valence-corrected chi connectivity index (χ0v) is 13.8. The van der Waals surface area contributed by atoms with E-state index in [2.05, 4.69) is 33.8 Å². The third-order valence-electron chi connectivity index (χ3n) is 2.91. The molecular weight excluding hydrogens is 296 g/mol. The highest BCUT2D eigenvalue weighted by Gasteiger charge is 2.06. The van der Waals surface area contributed by atoms with Crippen LogP contribution in [-0.4, -0.2) is 36.0 Å². The van der Waals surface area contributed by atoms with Crippen molar-refractivity contribution < 1.29 is 4.42 Å². The van der Waals surface area contributed by atoms with Crippen molar-refractivity contribution >= 4 is 17.7 Å². The van der Waals surface area contributed by atoms with Crippen LogP contribution in [0.2, 0.25) is 0 Å². The summed E-state index contributed by atoms with van der Waals surface area (Å²) in [6, 6.07) is 9.87. The predicted octanol–water partition coefficient (Wildman–Crippen LogP) is 2.76. The van der Waals surface area contributed by atoms with Crippen LogP contribution in [0.4, 0.5) is 0 Å². The lowest BCUT2D eigenvalue weighted by Crippen LogP contribution is -2.38. The number of rotatable bonds is 7. The first kappa shape index (κ1) is 16.4. The fourth-order valence-corrected chi connectivity index (χ4v) is 2.17. The predicted molar refractivity (Wildman–Crippen MR) is 93.1 cm³/mol. The maximum absolute atomic E-state index is 5.52. The zero-order valence-electron chi connectivity index (χ0n) is 13.0. The van der Waals surface area contributed by atoms with Gasteiger partial charge in [0.25, 0.3) is 0 Å². The molecule has 6 heteroatoms. The van der Waals surface area contributed by atoms with Crippen LogP contribution in [0.25, 0.3) is 11.5 Å². The van der Waals surface area contributed by atoms with Crippen LogP contribution in [0.15, 0.2) is 46.0 Å². The van der Waals surface area contributed by atoms with Gasteiger partial charge in [-0.05, 0) is 25.3 Å². The molecule has 0 unspecified atom stereocenters. The number of aliphatic imine (C=N–C) groups is 1. The van der Waals surface area contributed by atoms with E-state index in [-0.39, 0.29) is 0 Å². The van der Waals surface area contributed by atoms with E-state index in [0.29, 0.717) is 12.4 Å². The molecule has 0 amide bonds. The summed E-state index contributed by atoms with van der Waals surface area (Å²) in [5, 5.41) is 6.51. The summed E-state index contributed by atoms with van der Waals surface area (Å²) in [7, 11) is 0. The summed E-state index contributed by atoms with van der Waals surface area (Å²) >= 11 is 1.80. The van der Waals surface area contributed by atoms with Crippen molar-refractivity contribution in [2.24, 2.45) is 4.99 Å². The Morgan fingerprint density at radius 1 is 1.27 bits per heavy atom. The van der Waals surface area contributed by atoms with Crippen molar-refractivity contribution in [3.63, 3.8) is 0 Å². The molecule has 0 fully saturated rings. The van der Waals surface area contributed by atoms with E-state index in [0.717, 1.165) is 36.1 Å². The minimum atomic E-state index is 0.491. The lowest BCUT2D eigenvalue weighted by atomic mass is 10.2. The van der Waals surface area contributed by atoms with Crippen LogP contribution < -0.4 is 10.6 Å². The molecule has 0 aliphatic rings. The van der Waals surface area contributed by atoms with Gasteiger partial charge >= 0.3 is 0 Å². The zero-order chi connectivity index (χ0) is 15.6. The molecule has 118 valence electrons. The van der Waals surface area contributed by atoms with E-state index < -0.39 is 0 Å². The Bertz CT molecular complexity index is 583. The molecule has 1 aromatic carbocycles. The van der Waals surface area contributed by atoms with Crippen LogP contribution in [-0.2, 0) is 6.54 Å². The van der Waals surface area contributed by atoms with Gasteiger partial charge < -0.3 is 15.1 Å².